The number of carbonyl (C=O) groups is 2. The molecule has 0 bridgehead atoms. The first kappa shape index (κ1) is 38.6. The van der Waals surface area contributed by atoms with Crippen LogP contribution in [0.15, 0.2) is 105 Å². The molecule has 0 unspecified atom stereocenters. The van der Waals surface area contributed by atoms with E-state index in [9.17, 15) is 27.2 Å². The van der Waals surface area contributed by atoms with Crippen LogP contribution < -0.4 is 21.3 Å². The molecule has 2 aromatic carbocycles. The van der Waals surface area contributed by atoms with Crippen LogP contribution in [0.4, 0.5) is 29.2 Å². The fraction of sp³-hybridized carbons (Fsp3) is 0.111. The Balaban J connectivity index is 0.000000201. The molecule has 6 rings (SSSR count). The SMILES string of the molecule is O=C(NCc1ccc(F)c(F)c1)c1cccnc1NCc1ccc(Br)s1.O=C(NCc1ccc(F)c(F)c1)c1cccnc1NCc1ccc(Br)s1. The normalized spacial score (nSPS) is 10.6. The smallest absolute Gasteiger partial charge is 0.255 e. The van der Waals surface area contributed by atoms with Crippen LogP contribution in [-0.4, -0.2) is 21.8 Å². The van der Waals surface area contributed by atoms with Gasteiger partial charge in [0.25, 0.3) is 11.8 Å². The Morgan fingerprint density at radius 3 is 1.35 bits per heavy atom. The zero-order valence-electron chi connectivity index (χ0n) is 26.9. The summed E-state index contributed by atoms with van der Waals surface area (Å²) in [5.41, 5.74) is 1.70. The molecule has 52 heavy (non-hydrogen) atoms. The Morgan fingerprint density at radius 2 is 0.981 bits per heavy atom. The maximum atomic E-state index is 13.2. The van der Waals surface area contributed by atoms with Gasteiger partial charge < -0.3 is 21.3 Å². The zero-order valence-corrected chi connectivity index (χ0v) is 31.7. The van der Waals surface area contributed by atoms with Crippen molar-refractivity contribution in [1.29, 1.82) is 0 Å². The lowest BCUT2D eigenvalue weighted by atomic mass is 10.2. The lowest BCUT2D eigenvalue weighted by molar-refractivity contribution is 0.0943. The van der Waals surface area contributed by atoms with Gasteiger partial charge in [-0.15, -0.1) is 22.7 Å². The number of nitrogens with zero attached hydrogens (tertiary/aromatic N) is 2. The van der Waals surface area contributed by atoms with Crippen molar-refractivity contribution in [3.8, 4) is 0 Å². The van der Waals surface area contributed by atoms with E-state index in [1.54, 1.807) is 59.3 Å². The number of aromatic nitrogens is 2. The standard InChI is InChI=1S/2C18H14BrF2N3OS/c2*19-16-6-4-12(26-16)10-23-17-13(2-1-7-22-17)18(25)24-9-11-3-5-14(20)15(21)8-11/h2*1-8H,9-10H2,(H,22,23)(H,24,25). The van der Waals surface area contributed by atoms with Crippen molar-refractivity contribution >= 4 is 78.0 Å². The monoisotopic (exact) mass is 874 g/mol. The maximum absolute atomic E-state index is 13.2. The molecular formula is C36H28Br2F4N6O2S2. The third-order valence-electron chi connectivity index (χ3n) is 7.10. The molecule has 4 N–H and O–H groups in total. The van der Waals surface area contributed by atoms with E-state index in [-0.39, 0.29) is 24.9 Å². The highest BCUT2D eigenvalue weighted by molar-refractivity contribution is 9.11. The number of rotatable bonds is 12. The number of benzene rings is 2. The fourth-order valence-electron chi connectivity index (χ4n) is 4.55. The van der Waals surface area contributed by atoms with Crippen LogP contribution in [-0.2, 0) is 26.2 Å². The van der Waals surface area contributed by atoms with E-state index < -0.39 is 23.3 Å². The number of nitrogens with one attached hydrogen (secondary N) is 4. The summed E-state index contributed by atoms with van der Waals surface area (Å²) in [6, 6.07) is 21.6. The summed E-state index contributed by atoms with van der Waals surface area (Å²) in [6.45, 7) is 1.25. The van der Waals surface area contributed by atoms with E-state index in [1.165, 1.54) is 12.1 Å². The summed E-state index contributed by atoms with van der Waals surface area (Å²) in [4.78, 5) is 35.5. The van der Waals surface area contributed by atoms with E-state index in [1.807, 2.05) is 24.3 Å². The quantitative estimate of drug-likeness (QED) is 0.0914. The number of anilines is 2. The third kappa shape index (κ3) is 11.2. The average Bonchev–Trinajstić information content (AvgIpc) is 3.77. The minimum Gasteiger partial charge on any atom is -0.365 e. The molecule has 0 saturated heterocycles. The Bertz CT molecular complexity index is 2020. The second-order valence-electron chi connectivity index (χ2n) is 10.8. The highest BCUT2D eigenvalue weighted by Gasteiger charge is 2.14. The first-order valence-electron chi connectivity index (χ1n) is 15.4. The van der Waals surface area contributed by atoms with Crippen LogP contribution in [0.25, 0.3) is 0 Å². The van der Waals surface area contributed by atoms with Gasteiger partial charge in [-0.1, -0.05) is 12.1 Å². The van der Waals surface area contributed by atoms with Crippen molar-refractivity contribution in [3.05, 3.63) is 160 Å². The predicted octanol–water partition coefficient (Wildman–Crippen LogP) is 9.45. The van der Waals surface area contributed by atoms with Crippen LogP contribution in [0, 0.1) is 23.3 Å². The van der Waals surface area contributed by atoms with E-state index in [2.05, 4.69) is 63.1 Å². The first-order chi connectivity index (χ1) is 25.0. The largest absolute Gasteiger partial charge is 0.365 e. The molecule has 2 amide bonds. The number of hydrogen-bond donors (Lipinski definition) is 4. The number of thiophene rings is 2. The number of hydrogen-bond acceptors (Lipinski definition) is 8. The summed E-state index contributed by atoms with van der Waals surface area (Å²) in [6.07, 6.45) is 3.19. The molecule has 0 radical (unpaired) electrons. The Kier molecular flexibility index (Phi) is 13.9. The molecule has 268 valence electrons. The molecule has 8 nitrogen and oxygen atoms in total. The van der Waals surface area contributed by atoms with Crippen molar-refractivity contribution in [2.24, 2.45) is 0 Å². The maximum Gasteiger partial charge on any atom is 0.255 e. The van der Waals surface area contributed by atoms with Crippen molar-refractivity contribution < 1.29 is 27.2 Å². The van der Waals surface area contributed by atoms with Crippen LogP contribution in [0.5, 0.6) is 0 Å². The first-order valence-corrected chi connectivity index (χ1v) is 18.6. The number of amides is 2. The van der Waals surface area contributed by atoms with Gasteiger partial charge in [0.1, 0.15) is 11.6 Å². The molecule has 16 heteroatoms. The van der Waals surface area contributed by atoms with Crippen LogP contribution in [0.1, 0.15) is 41.6 Å². The minimum absolute atomic E-state index is 0.0856. The van der Waals surface area contributed by atoms with Gasteiger partial charge in [-0.05, 0) is 116 Å². The molecular weight excluding hydrogens is 848 g/mol. The summed E-state index contributed by atoms with van der Waals surface area (Å²) in [5, 5.41) is 11.7. The van der Waals surface area contributed by atoms with Crippen molar-refractivity contribution in [1.82, 2.24) is 20.6 Å². The van der Waals surface area contributed by atoms with Crippen molar-refractivity contribution in [3.63, 3.8) is 0 Å². The van der Waals surface area contributed by atoms with E-state index in [0.717, 1.165) is 41.6 Å². The fourth-order valence-corrected chi connectivity index (χ4v) is 7.39. The summed E-state index contributed by atoms with van der Waals surface area (Å²) in [7, 11) is 0. The van der Waals surface area contributed by atoms with Gasteiger partial charge in [0.2, 0.25) is 0 Å². The second kappa shape index (κ2) is 18.7. The molecule has 0 aliphatic heterocycles. The second-order valence-corrected chi connectivity index (χ2v) is 15.9. The highest BCUT2D eigenvalue weighted by Crippen LogP contribution is 2.24. The number of carbonyl (C=O) groups excluding carboxylic acids is 2. The Hall–Kier alpha value is -4.64. The number of pyridine rings is 2. The topological polar surface area (TPSA) is 108 Å². The molecule has 6 aromatic rings. The number of halogens is 6. The van der Waals surface area contributed by atoms with Crippen molar-refractivity contribution in [2.45, 2.75) is 26.2 Å². The van der Waals surface area contributed by atoms with Gasteiger partial charge in [0, 0.05) is 35.2 Å². The van der Waals surface area contributed by atoms with E-state index >= 15 is 0 Å². The van der Waals surface area contributed by atoms with Crippen LogP contribution in [0.3, 0.4) is 0 Å². The summed E-state index contributed by atoms with van der Waals surface area (Å²) < 4.78 is 54.5. The van der Waals surface area contributed by atoms with Gasteiger partial charge in [0.15, 0.2) is 23.3 Å². The van der Waals surface area contributed by atoms with Gasteiger partial charge in [-0.2, -0.15) is 0 Å². The van der Waals surface area contributed by atoms with Gasteiger partial charge in [-0.25, -0.2) is 27.5 Å². The van der Waals surface area contributed by atoms with E-state index in [0.29, 0.717) is 47.0 Å². The van der Waals surface area contributed by atoms with Crippen LogP contribution >= 0.6 is 54.5 Å². The molecule has 0 spiro atoms. The lowest BCUT2D eigenvalue weighted by Gasteiger charge is -2.11. The lowest BCUT2D eigenvalue weighted by Crippen LogP contribution is -2.24. The Labute approximate surface area is 321 Å². The zero-order chi connectivity index (χ0) is 37.0. The average molecular weight is 877 g/mol. The minimum atomic E-state index is -0.942. The molecule has 0 fully saturated rings. The molecule has 0 saturated carbocycles. The van der Waals surface area contributed by atoms with Crippen LogP contribution in [0.2, 0.25) is 0 Å². The molecule has 4 aromatic heterocycles. The molecule has 4 heterocycles. The highest BCUT2D eigenvalue weighted by atomic mass is 79.9. The predicted molar refractivity (Wildman–Crippen MR) is 202 cm³/mol. The summed E-state index contributed by atoms with van der Waals surface area (Å²) in [5.74, 6) is -3.50. The van der Waals surface area contributed by atoms with E-state index in [4.69, 9.17) is 0 Å². The van der Waals surface area contributed by atoms with Gasteiger partial charge in [-0.3, -0.25) is 9.59 Å². The third-order valence-corrected chi connectivity index (χ3v) is 10.3. The summed E-state index contributed by atoms with van der Waals surface area (Å²) >= 11 is 10.0. The van der Waals surface area contributed by atoms with Crippen molar-refractivity contribution in [2.75, 3.05) is 10.6 Å². The molecule has 0 aliphatic carbocycles. The molecule has 0 aliphatic rings. The Morgan fingerprint density at radius 1 is 0.558 bits per heavy atom. The molecule has 0 atom stereocenters. The van der Waals surface area contributed by atoms with Gasteiger partial charge >= 0.3 is 0 Å². The van der Waals surface area contributed by atoms with Gasteiger partial charge in [0.05, 0.1) is 31.8 Å².